The Hall–Kier alpha value is -2.24. The highest BCUT2D eigenvalue weighted by Gasteiger charge is 2.55. The van der Waals surface area contributed by atoms with Gasteiger partial charge in [-0.05, 0) is 106 Å². The highest BCUT2D eigenvalue weighted by atomic mass is 16.6. The van der Waals surface area contributed by atoms with Crippen molar-refractivity contribution in [2.45, 2.75) is 83.8 Å². The fourth-order valence-electron chi connectivity index (χ4n) is 6.52. The molecule has 2 fully saturated rings. The van der Waals surface area contributed by atoms with Crippen molar-refractivity contribution in [3.8, 4) is 5.75 Å². The predicted molar refractivity (Wildman–Crippen MR) is 119 cm³/mol. The van der Waals surface area contributed by atoms with Gasteiger partial charge in [0.2, 0.25) is 5.91 Å². The fraction of sp³-hybridized carbons (Fsp3) is 0.680. The van der Waals surface area contributed by atoms with E-state index in [9.17, 15) is 14.7 Å². The third kappa shape index (κ3) is 4.39. The van der Waals surface area contributed by atoms with Crippen molar-refractivity contribution in [2.75, 3.05) is 6.54 Å². The molecule has 0 aliphatic heterocycles. The van der Waals surface area contributed by atoms with E-state index in [0.29, 0.717) is 23.5 Å². The van der Waals surface area contributed by atoms with Gasteiger partial charge in [-0.3, -0.25) is 4.79 Å². The number of nitrogens with one attached hydrogen (secondary N) is 2. The molecule has 2 amide bonds. The highest BCUT2D eigenvalue weighted by Crippen LogP contribution is 2.60. The number of carbonyl (C=O) groups excluding carboxylic acids is 2. The number of ether oxygens (including phenoxy) is 1. The van der Waals surface area contributed by atoms with Crippen LogP contribution < -0.4 is 10.6 Å². The van der Waals surface area contributed by atoms with Gasteiger partial charge in [-0.25, -0.2) is 4.79 Å². The smallest absolute Gasteiger partial charge is 0.408 e. The second-order valence-corrected chi connectivity index (χ2v) is 10.9. The van der Waals surface area contributed by atoms with E-state index in [1.165, 1.54) is 11.1 Å². The maximum absolute atomic E-state index is 12.6. The lowest BCUT2D eigenvalue weighted by atomic mass is 9.55. The first kappa shape index (κ1) is 22.0. The van der Waals surface area contributed by atoms with Crippen LogP contribution in [-0.2, 0) is 16.0 Å². The minimum absolute atomic E-state index is 0.0604. The molecule has 1 aromatic rings. The van der Waals surface area contributed by atoms with Crippen molar-refractivity contribution in [1.82, 2.24) is 10.6 Å². The Labute approximate surface area is 185 Å². The summed E-state index contributed by atoms with van der Waals surface area (Å²) in [5.41, 5.74) is 2.24. The first-order valence-corrected chi connectivity index (χ1v) is 11.6. The molecule has 31 heavy (non-hydrogen) atoms. The Morgan fingerprint density at radius 3 is 2.71 bits per heavy atom. The number of carbonyl (C=O) groups is 2. The molecule has 3 N–H and O–H groups in total. The number of hydrogen-bond donors (Lipinski definition) is 3. The monoisotopic (exact) mass is 428 g/mol. The molecule has 3 aliphatic carbocycles. The van der Waals surface area contributed by atoms with Crippen LogP contribution in [-0.4, -0.2) is 35.3 Å². The molecule has 0 saturated heterocycles. The van der Waals surface area contributed by atoms with Gasteiger partial charge in [-0.1, -0.05) is 13.0 Å². The lowest BCUT2D eigenvalue weighted by molar-refractivity contribution is -0.122. The Balaban J connectivity index is 1.38. The SMILES string of the molecule is CC(C)(C)OC(=O)NCC(=O)N[C@H]1CC[C@H]2[C@@H]3CCc4cc(O)ccc4[C@H]3CC[C@]12C. The first-order valence-electron chi connectivity index (χ1n) is 11.6. The number of fused-ring (bicyclic) bond motifs is 5. The van der Waals surface area contributed by atoms with E-state index in [2.05, 4.69) is 23.6 Å². The molecule has 0 aromatic heterocycles. The summed E-state index contributed by atoms with van der Waals surface area (Å²) in [4.78, 5) is 24.4. The Bertz CT molecular complexity index is 862. The molecular weight excluding hydrogens is 392 g/mol. The third-order valence-electron chi connectivity index (χ3n) is 7.84. The Morgan fingerprint density at radius 2 is 1.97 bits per heavy atom. The lowest BCUT2D eigenvalue weighted by Crippen LogP contribution is -2.51. The van der Waals surface area contributed by atoms with Crippen LogP contribution in [0.25, 0.3) is 0 Å². The fourth-order valence-corrected chi connectivity index (χ4v) is 6.52. The molecule has 0 bridgehead atoms. The van der Waals surface area contributed by atoms with Gasteiger partial charge in [0.1, 0.15) is 17.9 Å². The van der Waals surface area contributed by atoms with Gasteiger partial charge in [-0.15, -0.1) is 0 Å². The van der Waals surface area contributed by atoms with Gasteiger partial charge in [0, 0.05) is 6.04 Å². The number of aryl methyl sites for hydroxylation is 1. The van der Waals surface area contributed by atoms with Gasteiger partial charge in [0.05, 0.1) is 0 Å². The minimum Gasteiger partial charge on any atom is -0.508 e. The summed E-state index contributed by atoms with van der Waals surface area (Å²) < 4.78 is 5.21. The highest BCUT2D eigenvalue weighted by molar-refractivity contribution is 5.82. The van der Waals surface area contributed by atoms with Crippen LogP contribution in [0.4, 0.5) is 4.79 Å². The Kier molecular flexibility index (Phi) is 5.69. The van der Waals surface area contributed by atoms with Crippen LogP contribution >= 0.6 is 0 Å². The van der Waals surface area contributed by atoms with Gasteiger partial charge in [0.25, 0.3) is 0 Å². The summed E-state index contributed by atoms with van der Waals surface area (Å²) >= 11 is 0. The molecule has 6 nitrogen and oxygen atoms in total. The summed E-state index contributed by atoms with van der Waals surface area (Å²) in [5.74, 6) is 2.01. The number of amides is 2. The van der Waals surface area contributed by atoms with Crippen molar-refractivity contribution in [3.63, 3.8) is 0 Å². The summed E-state index contributed by atoms with van der Waals surface area (Å²) in [6.07, 6.45) is 5.95. The molecule has 4 rings (SSSR count). The van der Waals surface area contributed by atoms with E-state index >= 15 is 0 Å². The van der Waals surface area contributed by atoms with Crippen molar-refractivity contribution in [2.24, 2.45) is 17.3 Å². The molecule has 0 radical (unpaired) electrons. The molecule has 0 spiro atoms. The maximum atomic E-state index is 12.6. The van der Waals surface area contributed by atoms with E-state index in [0.717, 1.165) is 38.5 Å². The van der Waals surface area contributed by atoms with E-state index in [1.807, 2.05) is 12.1 Å². The maximum Gasteiger partial charge on any atom is 0.408 e. The summed E-state index contributed by atoms with van der Waals surface area (Å²) in [7, 11) is 0. The zero-order chi connectivity index (χ0) is 22.4. The number of benzene rings is 1. The zero-order valence-corrected chi connectivity index (χ0v) is 19.2. The van der Waals surface area contributed by atoms with Gasteiger partial charge in [0.15, 0.2) is 0 Å². The first-order chi connectivity index (χ1) is 14.6. The molecule has 6 heteroatoms. The van der Waals surface area contributed by atoms with Crippen LogP contribution in [0.3, 0.4) is 0 Å². The standard InChI is InChI=1S/C25H36N2O4/c1-24(2,3)31-23(30)26-14-22(29)27-21-10-9-20-19-7-5-15-13-16(28)6-8-17(15)18(19)11-12-25(20,21)4/h6,8,13,18-21,28H,5,7,9-12,14H2,1-4H3,(H,26,30)(H,27,29)/t18-,19-,20+,21+,25+/m1/s1. The van der Waals surface area contributed by atoms with Crippen LogP contribution in [0.1, 0.15) is 76.8 Å². The molecule has 3 aliphatic rings. The van der Waals surface area contributed by atoms with Crippen LogP contribution in [0.2, 0.25) is 0 Å². The van der Waals surface area contributed by atoms with E-state index in [-0.39, 0.29) is 23.9 Å². The number of phenolic OH excluding ortho intramolecular Hbond substituents is 1. The van der Waals surface area contributed by atoms with Gasteiger partial charge < -0.3 is 20.5 Å². The second kappa shape index (κ2) is 8.03. The molecule has 5 atom stereocenters. The van der Waals surface area contributed by atoms with Crippen LogP contribution in [0.5, 0.6) is 5.75 Å². The van der Waals surface area contributed by atoms with Crippen molar-refractivity contribution in [3.05, 3.63) is 29.3 Å². The van der Waals surface area contributed by atoms with Crippen molar-refractivity contribution in [1.29, 1.82) is 0 Å². The summed E-state index contributed by atoms with van der Waals surface area (Å²) in [5, 5.41) is 15.6. The lowest BCUT2D eigenvalue weighted by Gasteiger charge is -2.51. The van der Waals surface area contributed by atoms with Crippen molar-refractivity contribution < 1.29 is 19.4 Å². The molecule has 2 saturated carbocycles. The summed E-state index contributed by atoms with van der Waals surface area (Å²) in [6, 6.07) is 6.03. The minimum atomic E-state index is -0.581. The Morgan fingerprint density at radius 1 is 1.19 bits per heavy atom. The number of hydrogen-bond acceptors (Lipinski definition) is 4. The number of alkyl carbamates (subject to hydrolysis) is 1. The number of aromatic hydroxyl groups is 1. The molecule has 0 unspecified atom stereocenters. The third-order valence-corrected chi connectivity index (χ3v) is 7.84. The zero-order valence-electron chi connectivity index (χ0n) is 19.2. The topological polar surface area (TPSA) is 87.7 Å². The van der Waals surface area contributed by atoms with Crippen molar-refractivity contribution >= 4 is 12.0 Å². The normalized spacial score (nSPS) is 31.7. The van der Waals surface area contributed by atoms with Gasteiger partial charge >= 0.3 is 6.09 Å². The molecule has 1 aromatic carbocycles. The quantitative estimate of drug-likeness (QED) is 0.671. The van der Waals surface area contributed by atoms with Gasteiger partial charge in [-0.2, -0.15) is 0 Å². The second-order valence-electron chi connectivity index (χ2n) is 10.9. The number of rotatable bonds is 3. The van der Waals surface area contributed by atoms with E-state index < -0.39 is 11.7 Å². The summed E-state index contributed by atoms with van der Waals surface area (Å²) in [6.45, 7) is 7.69. The van der Waals surface area contributed by atoms with E-state index in [4.69, 9.17) is 4.74 Å². The largest absolute Gasteiger partial charge is 0.508 e. The molecule has 0 heterocycles. The predicted octanol–water partition coefficient (Wildman–Crippen LogP) is 4.26. The average Bonchev–Trinajstić information content (AvgIpc) is 3.01. The average molecular weight is 429 g/mol. The number of phenols is 1. The van der Waals surface area contributed by atoms with E-state index in [1.54, 1.807) is 20.8 Å². The molecule has 170 valence electrons. The van der Waals surface area contributed by atoms with Crippen LogP contribution in [0.15, 0.2) is 18.2 Å². The van der Waals surface area contributed by atoms with Crippen LogP contribution in [0, 0.1) is 17.3 Å². The molecular formula is C25H36N2O4.